The summed E-state index contributed by atoms with van der Waals surface area (Å²) in [5.41, 5.74) is 4.36. The predicted molar refractivity (Wildman–Crippen MR) is 138 cm³/mol. The molecule has 4 N–H and O–H groups in total. The summed E-state index contributed by atoms with van der Waals surface area (Å²) >= 11 is 6.03. The molecular weight excluding hydrogens is 514 g/mol. The Hall–Kier alpha value is -4.90. The number of nitrogens with zero attached hydrogens (tertiary/aromatic N) is 2. The summed E-state index contributed by atoms with van der Waals surface area (Å²) in [5.74, 6) is -0.972. The number of alkyl carbamates (subject to hydrolysis) is 1. The van der Waals surface area contributed by atoms with Crippen LogP contribution in [0.2, 0.25) is 5.02 Å². The largest absolute Gasteiger partial charge is 0.478 e. The first-order valence-corrected chi connectivity index (χ1v) is 11.7. The summed E-state index contributed by atoms with van der Waals surface area (Å²) in [7, 11) is 0. The van der Waals surface area contributed by atoms with Gasteiger partial charge in [0.25, 0.3) is 5.91 Å². The van der Waals surface area contributed by atoms with Gasteiger partial charge in [0.1, 0.15) is 24.2 Å². The zero-order valence-electron chi connectivity index (χ0n) is 19.8. The van der Waals surface area contributed by atoms with Crippen LogP contribution in [-0.4, -0.2) is 45.3 Å². The fraction of sp³-hybridized carbons (Fsp3) is 0.115. The summed E-state index contributed by atoms with van der Waals surface area (Å²) in [6.07, 6.45) is 3.66. The number of H-pyrrole nitrogens is 1. The van der Waals surface area contributed by atoms with Crippen LogP contribution >= 0.6 is 11.6 Å². The highest BCUT2D eigenvalue weighted by molar-refractivity contribution is 6.33. The van der Waals surface area contributed by atoms with Crippen LogP contribution in [0.1, 0.15) is 27.4 Å². The number of benzene rings is 2. The molecule has 2 heterocycles. The molecule has 0 aliphatic rings. The monoisotopic (exact) mass is 535 g/mol. The maximum atomic E-state index is 12.8. The zero-order chi connectivity index (χ0) is 26.9. The number of hydrogen-bond donors (Lipinski definition) is 4. The lowest BCUT2D eigenvalue weighted by molar-refractivity contribution is -0.123. The number of carboxylic acids is 1. The van der Waals surface area contributed by atoms with Crippen LogP contribution in [0, 0.1) is 0 Å². The Kier molecular flexibility index (Phi) is 8.52. The molecule has 1 atom stereocenters. The topological polar surface area (TPSA) is 159 Å². The van der Waals surface area contributed by atoms with Crippen LogP contribution in [0.15, 0.2) is 82.7 Å². The van der Waals surface area contributed by atoms with E-state index in [0.29, 0.717) is 22.8 Å². The molecule has 0 saturated carbocycles. The van der Waals surface area contributed by atoms with E-state index in [-0.39, 0.29) is 23.6 Å². The lowest BCUT2D eigenvalue weighted by atomic mass is 10.1. The second kappa shape index (κ2) is 12.4. The van der Waals surface area contributed by atoms with Gasteiger partial charge in [-0.05, 0) is 29.8 Å². The Morgan fingerprint density at radius 1 is 1.16 bits per heavy atom. The normalized spacial score (nSPS) is 11.7. The molecule has 11 nitrogen and oxygen atoms in total. The Labute approximate surface area is 221 Å². The number of hydrazone groups is 1. The molecule has 38 heavy (non-hydrogen) atoms. The van der Waals surface area contributed by atoms with Gasteiger partial charge in [0.2, 0.25) is 0 Å². The number of aromatic carboxylic acids is 1. The zero-order valence-corrected chi connectivity index (χ0v) is 20.5. The number of carboxylic acid groups (broad SMARTS) is 1. The van der Waals surface area contributed by atoms with Gasteiger partial charge in [-0.3, -0.25) is 4.79 Å². The van der Waals surface area contributed by atoms with E-state index in [9.17, 15) is 14.4 Å². The molecular formula is C26H22ClN5O6. The van der Waals surface area contributed by atoms with Crippen molar-refractivity contribution in [1.29, 1.82) is 0 Å². The van der Waals surface area contributed by atoms with Crippen molar-refractivity contribution in [3.8, 4) is 11.3 Å². The van der Waals surface area contributed by atoms with Crippen molar-refractivity contribution in [3.05, 3.63) is 101 Å². The number of amides is 2. The molecule has 0 aliphatic carbocycles. The van der Waals surface area contributed by atoms with E-state index in [1.54, 1.807) is 24.4 Å². The van der Waals surface area contributed by atoms with Crippen LogP contribution in [0.3, 0.4) is 0 Å². The number of aromatic amines is 1. The number of halogens is 1. The molecule has 12 heteroatoms. The lowest BCUT2D eigenvalue weighted by Gasteiger charge is -2.16. The quantitative estimate of drug-likeness (QED) is 0.176. The van der Waals surface area contributed by atoms with E-state index in [1.807, 2.05) is 30.3 Å². The summed E-state index contributed by atoms with van der Waals surface area (Å²) in [5, 5.41) is 15.6. The number of hydrogen-bond acceptors (Lipinski definition) is 7. The van der Waals surface area contributed by atoms with Crippen molar-refractivity contribution < 1.29 is 28.6 Å². The Bertz CT molecular complexity index is 1440. The molecule has 0 fully saturated rings. The number of aromatic nitrogens is 2. The molecule has 2 aromatic heterocycles. The van der Waals surface area contributed by atoms with E-state index in [1.165, 1.54) is 24.7 Å². The summed E-state index contributed by atoms with van der Waals surface area (Å²) < 4.78 is 10.9. The standard InChI is InChI=1S/C26H22ClN5O6/c27-21-10-17(6-8-20(21)25(34)35)23-9-7-19(38-23)13-30-32-24(33)22(11-18-12-28-15-29-18)31-26(36)37-14-16-4-2-1-3-5-16/h1-10,12-13,15,22H,11,14H2,(H,28,29)(H,31,36)(H,32,33)(H,34,35)/b30-13-/t22-/m0/s1. The molecule has 0 spiro atoms. The molecule has 194 valence electrons. The van der Waals surface area contributed by atoms with Crippen molar-refractivity contribution >= 4 is 35.8 Å². The average molecular weight is 536 g/mol. The molecule has 2 amide bonds. The van der Waals surface area contributed by atoms with Crippen LogP contribution in [-0.2, 0) is 22.6 Å². The highest BCUT2D eigenvalue weighted by Crippen LogP contribution is 2.27. The van der Waals surface area contributed by atoms with Crippen molar-refractivity contribution in [1.82, 2.24) is 20.7 Å². The number of imidazole rings is 1. The number of carbonyl (C=O) groups excluding carboxylic acids is 2. The first-order chi connectivity index (χ1) is 18.4. The van der Waals surface area contributed by atoms with E-state index in [4.69, 9.17) is 25.9 Å². The van der Waals surface area contributed by atoms with Crippen molar-refractivity contribution in [2.75, 3.05) is 0 Å². The van der Waals surface area contributed by atoms with E-state index in [0.717, 1.165) is 5.56 Å². The van der Waals surface area contributed by atoms with Crippen molar-refractivity contribution in [2.45, 2.75) is 19.1 Å². The third kappa shape index (κ3) is 7.08. The van der Waals surface area contributed by atoms with Crippen LogP contribution in [0.5, 0.6) is 0 Å². The van der Waals surface area contributed by atoms with Gasteiger partial charge in [0.15, 0.2) is 0 Å². The number of furan rings is 1. The van der Waals surface area contributed by atoms with Crippen LogP contribution < -0.4 is 10.7 Å². The summed E-state index contributed by atoms with van der Waals surface area (Å²) in [4.78, 5) is 43.1. The minimum atomic E-state index is -1.13. The third-order valence-electron chi connectivity index (χ3n) is 5.28. The molecule has 0 aliphatic heterocycles. The Morgan fingerprint density at radius 2 is 1.97 bits per heavy atom. The van der Waals surface area contributed by atoms with E-state index < -0.39 is 24.0 Å². The Morgan fingerprint density at radius 3 is 2.68 bits per heavy atom. The van der Waals surface area contributed by atoms with Gasteiger partial charge in [-0.25, -0.2) is 20.0 Å². The third-order valence-corrected chi connectivity index (χ3v) is 5.59. The molecule has 0 saturated heterocycles. The Balaban J connectivity index is 1.37. The van der Waals surface area contributed by atoms with Gasteiger partial charge in [0, 0.05) is 23.9 Å². The summed E-state index contributed by atoms with van der Waals surface area (Å²) in [6.45, 7) is 0.0499. The van der Waals surface area contributed by atoms with Crippen LogP contribution in [0.4, 0.5) is 4.79 Å². The fourth-order valence-electron chi connectivity index (χ4n) is 3.39. The number of nitrogens with one attached hydrogen (secondary N) is 3. The second-order valence-corrected chi connectivity index (χ2v) is 8.38. The van der Waals surface area contributed by atoms with Crippen molar-refractivity contribution in [2.24, 2.45) is 5.10 Å². The van der Waals surface area contributed by atoms with E-state index >= 15 is 0 Å². The van der Waals surface area contributed by atoms with Gasteiger partial charge in [-0.1, -0.05) is 48.0 Å². The highest BCUT2D eigenvalue weighted by atomic mass is 35.5. The van der Waals surface area contributed by atoms with Gasteiger partial charge < -0.3 is 24.6 Å². The minimum Gasteiger partial charge on any atom is -0.478 e. The summed E-state index contributed by atoms with van der Waals surface area (Å²) in [6, 6.07) is 15.8. The highest BCUT2D eigenvalue weighted by Gasteiger charge is 2.22. The SMILES string of the molecule is O=C(N[C@@H](Cc1cnc[nH]1)C(=O)N/N=C\c1ccc(-c2ccc(C(=O)O)c(Cl)c2)o1)OCc1ccccc1. The maximum Gasteiger partial charge on any atom is 0.408 e. The molecule has 0 bridgehead atoms. The molecule has 0 unspecified atom stereocenters. The first kappa shape index (κ1) is 26.2. The van der Waals surface area contributed by atoms with Gasteiger partial charge >= 0.3 is 12.1 Å². The smallest absolute Gasteiger partial charge is 0.408 e. The number of carbonyl (C=O) groups is 3. The van der Waals surface area contributed by atoms with Crippen molar-refractivity contribution in [3.63, 3.8) is 0 Å². The predicted octanol–water partition coefficient (Wildman–Crippen LogP) is 4.01. The average Bonchev–Trinajstić information content (AvgIpc) is 3.60. The molecule has 4 rings (SSSR count). The lowest BCUT2D eigenvalue weighted by Crippen LogP contribution is -2.47. The molecule has 4 aromatic rings. The van der Waals surface area contributed by atoms with Crippen LogP contribution in [0.25, 0.3) is 11.3 Å². The second-order valence-electron chi connectivity index (χ2n) is 7.98. The molecule has 0 radical (unpaired) electrons. The minimum absolute atomic E-state index is 0.0197. The molecule has 2 aromatic carbocycles. The van der Waals surface area contributed by atoms with Gasteiger partial charge in [-0.2, -0.15) is 5.10 Å². The van der Waals surface area contributed by atoms with Gasteiger partial charge in [-0.15, -0.1) is 0 Å². The number of ether oxygens (including phenoxy) is 1. The fourth-order valence-corrected chi connectivity index (χ4v) is 3.65. The van der Waals surface area contributed by atoms with E-state index in [2.05, 4.69) is 25.8 Å². The first-order valence-electron chi connectivity index (χ1n) is 11.3. The maximum absolute atomic E-state index is 12.8. The number of rotatable bonds is 10. The van der Waals surface area contributed by atoms with Gasteiger partial charge in [0.05, 0.1) is 23.1 Å².